The molecule has 5 heteroatoms. The fraction of sp³-hybridized carbons (Fsp3) is 0.143. The molecule has 1 amide bonds. The first-order valence-electron chi connectivity index (χ1n) is 8.39. The summed E-state index contributed by atoms with van der Waals surface area (Å²) in [6.45, 7) is 2.08. The van der Waals surface area contributed by atoms with E-state index in [0.717, 1.165) is 5.69 Å². The van der Waals surface area contributed by atoms with E-state index in [0.29, 0.717) is 17.1 Å². The molecule has 0 radical (unpaired) electrons. The third-order valence-corrected chi connectivity index (χ3v) is 4.03. The van der Waals surface area contributed by atoms with Crippen LogP contribution in [0, 0.1) is 0 Å². The number of rotatable bonds is 6. The fourth-order valence-electron chi connectivity index (χ4n) is 2.62. The minimum absolute atomic E-state index is 0.145. The molecule has 0 bridgehead atoms. The molecule has 3 rings (SSSR count). The van der Waals surface area contributed by atoms with E-state index in [9.17, 15) is 4.79 Å². The number of carbonyl (C=O) groups excluding carboxylic acids is 1. The number of carbonyl (C=O) groups is 1. The Labute approximate surface area is 153 Å². The van der Waals surface area contributed by atoms with Crippen LogP contribution in [0.15, 0.2) is 72.9 Å². The van der Waals surface area contributed by atoms with Gasteiger partial charge in [-0.3, -0.25) is 4.79 Å². The topological polar surface area (TPSA) is 63.2 Å². The molecular formula is C21H21N3O2. The lowest BCUT2D eigenvalue weighted by Gasteiger charge is -2.15. The smallest absolute Gasteiger partial charge is 0.274 e. The lowest BCUT2D eigenvalue weighted by molar-refractivity contribution is 0.102. The highest BCUT2D eigenvalue weighted by atomic mass is 16.5. The highest BCUT2D eigenvalue weighted by Crippen LogP contribution is 2.24. The summed E-state index contributed by atoms with van der Waals surface area (Å²) in [5, 5.41) is 6.20. The molecule has 1 heterocycles. The van der Waals surface area contributed by atoms with Crippen molar-refractivity contribution in [1.82, 2.24) is 4.98 Å². The maximum Gasteiger partial charge on any atom is 0.274 e. The standard InChI is InChI=1S/C21H21N3O2/c1-15(16-8-4-3-5-9-16)23-17-12-13-19(22-14-17)21(25)24-18-10-6-7-11-20(18)26-2/h3-15,23H,1-2H3,(H,24,25). The first-order chi connectivity index (χ1) is 12.7. The summed E-state index contributed by atoms with van der Waals surface area (Å²) in [5.74, 6) is 0.327. The summed E-state index contributed by atoms with van der Waals surface area (Å²) in [7, 11) is 1.57. The van der Waals surface area contributed by atoms with Gasteiger partial charge in [-0.1, -0.05) is 42.5 Å². The molecule has 1 atom stereocenters. The minimum Gasteiger partial charge on any atom is -0.495 e. The van der Waals surface area contributed by atoms with E-state index in [1.54, 1.807) is 31.5 Å². The van der Waals surface area contributed by atoms with Gasteiger partial charge in [-0.15, -0.1) is 0 Å². The fourth-order valence-corrected chi connectivity index (χ4v) is 2.62. The van der Waals surface area contributed by atoms with Gasteiger partial charge in [0.1, 0.15) is 11.4 Å². The van der Waals surface area contributed by atoms with Gasteiger partial charge in [-0.25, -0.2) is 4.98 Å². The molecule has 0 aliphatic rings. The zero-order valence-corrected chi connectivity index (χ0v) is 14.8. The quantitative estimate of drug-likeness (QED) is 0.688. The number of anilines is 2. The third kappa shape index (κ3) is 4.19. The molecule has 132 valence electrons. The number of benzene rings is 2. The predicted octanol–water partition coefficient (Wildman–Crippen LogP) is 4.52. The number of hydrogen-bond donors (Lipinski definition) is 2. The Morgan fingerprint density at radius 3 is 2.42 bits per heavy atom. The second-order valence-electron chi connectivity index (χ2n) is 5.86. The molecule has 0 saturated heterocycles. The lowest BCUT2D eigenvalue weighted by atomic mass is 10.1. The van der Waals surface area contributed by atoms with Gasteiger partial charge in [-0.2, -0.15) is 0 Å². The van der Waals surface area contributed by atoms with Crippen molar-refractivity contribution >= 4 is 17.3 Å². The number of para-hydroxylation sites is 2. The van der Waals surface area contributed by atoms with E-state index in [2.05, 4.69) is 34.7 Å². The normalized spacial score (nSPS) is 11.5. The molecule has 0 aliphatic carbocycles. The van der Waals surface area contributed by atoms with Gasteiger partial charge < -0.3 is 15.4 Å². The van der Waals surface area contributed by atoms with Crippen LogP contribution in [0.3, 0.4) is 0 Å². The number of methoxy groups -OCH3 is 1. The molecule has 0 aliphatic heterocycles. The molecule has 2 N–H and O–H groups in total. The van der Waals surface area contributed by atoms with Crippen LogP contribution in [0.1, 0.15) is 29.0 Å². The summed E-state index contributed by atoms with van der Waals surface area (Å²) < 4.78 is 5.24. The van der Waals surface area contributed by atoms with Gasteiger partial charge in [0, 0.05) is 6.04 Å². The van der Waals surface area contributed by atoms with Gasteiger partial charge >= 0.3 is 0 Å². The number of pyridine rings is 1. The molecule has 2 aromatic carbocycles. The first-order valence-corrected chi connectivity index (χ1v) is 8.39. The van der Waals surface area contributed by atoms with Crippen LogP contribution in [-0.4, -0.2) is 18.0 Å². The summed E-state index contributed by atoms with van der Waals surface area (Å²) in [5.41, 5.74) is 3.00. The molecule has 1 aromatic heterocycles. The minimum atomic E-state index is -0.280. The molecule has 3 aromatic rings. The number of aromatic nitrogens is 1. The van der Waals surface area contributed by atoms with Gasteiger partial charge in [0.15, 0.2) is 0 Å². The van der Waals surface area contributed by atoms with Crippen molar-refractivity contribution in [1.29, 1.82) is 0 Å². The molecule has 0 saturated carbocycles. The number of amides is 1. The molecule has 26 heavy (non-hydrogen) atoms. The Kier molecular flexibility index (Phi) is 5.49. The van der Waals surface area contributed by atoms with Crippen LogP contribution in [0.5, 0.6) is 5.75 Å². The number of nitrogens with zero attached hydrogens (tertiary/aromatic N) is 1. The molecular weight excluding hydrogens is 326 g/mol. The van der Waals surface area contributed by atoms with E-state index < -0.39 is 0 Å². The Morgan fingerprint density at radius 2 is 1.73 bits per heavy atom. The average Bonchev–Trinajstić information content (AvgIpc) is 2.69. The van der Waals surface area contributed by atoms with Crippen molar-refractivity contribution in [3.8, 4) is 5.75 Å². The third-order valence-electron chi connectivity index (χ3n) is 4.03. The van der Waals surface area contributed by atoms with E-state index in [1.165, 1.54) is 5.56 Å². The van der Waals surface area contributed by atoms with Crippen molar-refractivity contribution in [2.75, 3.05) is 17.7 Å². The highest BCUT2D eigenvalue weighted by Gasteiger charge is 2.11. The van der Waals surface area contributed by atoms with Crippen LogP contribution in [0.4, 0.5) is 11.4 Å². The molecule has 0 fully saturated rings. The summed E-state index contributed by atoms with van der Waals surface area (Å²) in [6.07, 6.45) is 1.66. The van der Waals surface area contributed by atoms with Gasteiger partial charge in [-0.05, 0) is 36.8 Å². The number of ether oxygens (including phenoxy) is 1. The second-order valence-corrected chi connectivity index (χ2v) is 5.86. The summed E-state index contributed by atoms with van der Waals surface area (Å²) >= 11 is 0. The van der Waals surface area contributed by atoms with Gasteiger partial charge in [0.25, 0.3) is 5.91 Å². The highest BCUT2D eigenvalue weighted by molar-refractivity contribution is 6.03. The zero-order valence-electron chi connectivity index (χ0n) is 14.8. The van der Waals surface area contributed by atoms with Crippen molar-refractivity contribution in [3.63, 3.8) is 0 Å². The summed E-state index contributed by atoms with van der Waals surface area (Å²) in [4.78, 5) is 16.6. The van der Waals surface area contributed by atoms with Crippen LogP contribution >= 0.6 is 0 Å². The van der Waals surface area contributed by atoms with Crippen LogP contribution in [0.2, 0.25) is 0 Å². The van der Waals surface area contributed by atoms with E-state index in [-0.39, 0.29) is 11.9 Å². The average molecular weight is 347 g/mol. The SMILES string of the molecule is COc1ccccc1NC(=O)c1ccc(NC(C)c2ccccc2)cn1. The van der Waals surface area contributed by atoms with Crippen LogP contribution in [-0.2, 0) is 0 Å². The van der Waals surface area contributed by atoms with E-state index in [4.69, 9.17) is 4.74 Å². The summed E-state index contributed by atoms with van der Waals surface area (Å²) in [6, 6.07) is 21.1. The van der Waals surface area contributed by atoms with E-state index in [1.807, 2.05) is 36.4 Å². The lowest BCUT2D eigenvalue weighted by Crippen LogP contribution is -2.14. The second kappa shape index (κ2) is 8.16. The molecule has 0 spiro atoms. The Morgan fingerprint density at radius 1 is 1.00 bits per heavy atom. The van der Waals surface area contributed by atoms with Crippen LogP contribution in [0.25, 0.3) is 0 Å². The van der Waals surface area contributed by atoms with Gasteiger partial charge in [0.2, 0.25) is 0 Å². The maximum absolute atomic E-state index is 12.4. The van der Waals surface area contributed by atoms with Gasteiger partial charge in [0.05, 0.1) is 24.7 Å². The number of nitrogens with one attached hydrogen (secondary N) is 2. The van der Waals surface area contributed by atoms with Crippen molar-refractivity contribution in [2.24, 2.45) is 0 Å². The Balaban J connectivity index is 1.66. The Hall–Kier alpha value is -3.34. The Bertz CT molecular complexity index is 864. The number of hydrogen-bond acceptors (Lipinski definition) is 4. The molecule has 1 unspecified atom stereocenters. The predicted molar refractivity (Wildman–Crippen MR) is 104 cm³/mol. The van der Waals surface area contributed by atoms with Crippen molar-refractivity contribution in [2.45, 2.75) is 13.0 Å². The zero-order chi connectivity index (χ0) is 18.4. The van der Waals surface area contributed by atoms with Crippen molar-refractivity contribution in [3.05, 3.63) is 84.2 Å². The van der Waals surface area contributed by atoms with Crippen molar-refractivity contribution < 1.29 is 9.53 Å². The van der Waals surface area contributed by atoms with Crippen LogP contribution < -0.4 is 15.4 Å². The van der Waals surface area contributed by atoms with E-state index >= 15 is 0 Å². The first kappa shape index (κ1) is 17.5. The largest absolute Gasteiger partial charge is 0.495 e. The molecule has 5 nitrogen and oxygen atoms in total. The maximum atomic E-state index is 12.4. The monoisotopic (exact) mass is 347 g/mol.